The van der Waals surface area contributed by atoms with Gasteiger partial charge in [-0.3, -0.25) is 9.59 Å². The number of nitrogens with zero attached hydrogens (tertiary/aromatic N) is 1. The van der Waals surface area contributed by atoms with Gasteiger partial charge in [-0.25, -0.2) is 4.79 Å². The maximum Gasteiger partial charge on any atom is 0.407 e. The number of carboxylic acids is 1. The maximum absolute atomic E-state index is 13.1. The molecule has 2 aliphatic rings. The number of hydrogen-bond donors (Lipinski definition) is 2. The molecule has 1 aliphatic carbocycles. The van der Waals surface area contributed by atoms with Crippen molar-refractivity contribution in [1.82, 2.24) is 10.2 Å². The molecular formula is C27H32N2O5. The summed E-state index contributed by atoms with van der Waals surface area (Å²) in [5.41, 5.74) is 4.61. The van der Waals surface area contributed by atoms with Gasteiger partial charge in [0, 0.05) is 25.6 Å². The first-order chi connectivity index (χ1) is 16.3. The highest BCUT2D eigenvalue weighted by Gasteiger charge is 2.39. The highest BCUT2D eigenvalue weighted by molar-refractivity contribution is 5.82. The summed E-state index contributed by atoms with van der Waals surface area (Å²) < 4.78 is 5.59. The number of likely N-dealkylation sites (tertiary alicyclic amines) is 1. The molecule has 1 aliphatic heterocycles. The Hall–Kier alpha value is -3.35. The number of carboxylic acid groups (broad SMARTS) is 1. The van der Waals surface area contributed by atoms with E-state index < -0.39 is 23.9 Å². The Morgan fingerprint density at radius 2 is 1.62 bits per heavy atom. The lowest BCUT2D eigenvalue weighted by atomic mass is 9.94. The van der Waals surface area contributed by atoms with E-state index in [-0.39, 0.29) is 43.4 Å². The summed E-state index contributed by atoms with van der Waals surface area (Å²) in [6.07, 6.45) is -0.557. The van der Waals surface area contributed by atoms with Crippen molar-refractivity contribution in [3.8, 4) is 11.1 Å². The third kappa shape index (κ3) is 4.65. The number of carbonyl (C=O) groups is 3. The molecule has 34 heavy (non-hydrogen) atoms. The number of amides is 2. The molecule has 1 unspecified atom stereocenters. The Morgan fingerprint density at radius 1 is 1.03 bits per heavy atom. The molecule has 4 rings (SSSR count). The summed E-state index contributed by atoms with van der Waals surface area (Å²) in [4.78, 5) is 38.7. The Labute approximate surface area is 200 Å². The number of benzene rings is 2. The fourth-order valence-electron chi connectivity index (χ4n) is 5.15. The average Bonchev–Trinajstić information content (AvgIpc) is 3.36. The first kappa shape index (κ1) is 23.8. The van der Waals surface area contributed by atoms with Crippen LogP contribution in [0.15, 0.2) is 48.5 Å². The number of alkyl carbamates (subject to hydrolysis) is 1. The van der Waals surface area contributed by atoms with Crippen LogP contribution >= 0.6 is 0 Å². The molecule has 1 saturated heterocycles. The van der Waals surface area contributed by atoms with Crippen molar-refractivity contribution in [2.24, 2.45) is 23.7 Å². The second-order valence-electron chi connectivity index (χ2n) is 9.72. The molecule has 0 radical (unpaired) electrons. The first-order valence-electron chi connectivity index (χ1n) is 11.9. The predicted molar refractivity (Wildman–Crippen MR) is 128 cm³/mol. The zero-order valence-electron chi connectivity index (χ0n) is 19.9. The van der Waals surface area contributed by atoms with Gasteiger partial charge < -0.3 is 20.1 Å². The molecule has 0 aromatic heterocycles. The molecule has 0 spiro atoms. The summed E-state index contributed by atoms with van der Waals surface area (Å²) in [5, 5.41) is 12.1. The number of nitrogens with one attached hydrogen (secondary N) is 1. The molecule has 1 fully saturated rings. The van der Waals surface area contributed by atoms with Gasteiger partial charge in [0.05, 0.1) is 11.8 Å². The van der Waals surface area contributed by atoms with E-state index in [1.807, 2.05) is 45.0 Å². The van der Waals surface area contributed by atoms with E-state index >= 15 is 0 Å². The lowest BCUT2D eigenvalue weighted by Crippen LogP contribution is -2.43. The van der Waals surface area contributed by atoms with E-state index in [1.165, 1.54) is 0 Å². The maximum atomic E-state index is 13.1. The van der Waals surface area contributed by atoms with Crippen LogP contribution in [0.2, 0.25) is 0 Å². The van der Waals surface area contributed by atoms with Crippen molar-refractivity contribution in [2.75, 3.05) is 26.2 Å². The Balaban J connectivity index is 1.35. The topological polar surface area (TPSA) is 95.9 Å². The van der Waals surface area contributed by atoms with Crippen LogP contribution < -0.4 is 5.32 Å². The zero-order chi connectivity index (χ0) is 24.4. The second kappa shape index (κ2) is 9.87. The normalized spacial score (nSPS) is 20.1. The molecule has 2 N–H and O–H groups in total. The number of carbonyl (C=O) groups excluding carboxylic acids is 2. The summed E-state index contributed by atoms with van der Waals surface area (Å²) >= 11 is 0. The van der Waals surface area contributed by atoms with E-state index in [1.54, 1.807) is 4.90 Å². The van der Waals surface area contributed by atoms with Crippen LogP contribution in [0.4, 0.5) is 4.79 Å². The molecule has 2 aromatic rings. The van der Waals surface area contributed by atoms with Gasteiger partial charge in [0.2, 0.25) is 5.91 Å². The van der Waals surface area contributed by atoms with Crippen LogP contribution in [0, 0.1) is 23.7 Å². The van der Waals surface area contributed by atoms with Crippen LogP contribution in [-0.2, 0) is 14.3 Å². The minimum Gasteiger partial charge on any atom is -0.481 e. The van der Waals surface area contributed by atoms with Crippen LogP contribution in [0.3, 0.4) is 0 Å². The smallest absolute Gasteiger partial charge is 0.407 e. The number of rotatable bonds is 7. The van der Waals surface area contributed by atoms with Gasteiger partial charge in [-0.15, -0.1) is 0 Å². The van der Waals surface area contributed by atoms with E-state index in [2.05, 4.69) is 29.6 Å². The molecule has 2 aromatic carbocycles. The summed E-state index contributed by atoms with van der Waals surface area (Å²) in [6.45, 7) is 6.70. The quantitative estimate of drug-likeness (QED) is 0.646. The Kier molecular flexibility index (Phi) is 6.91. The van der Waals surface area contributed by atoms with Gasteiger partial charge >= 0.3 is 12.1 Å². The number of ether oxygens (including phenoxy) is 1. The third-order valence-corrected chi connectivity index (χ3v) is 7.17. The fraction of sp³-hybridized carbons (Fsp3) is 0.444. The molecule has 180 valence electrons. The van der Waals surface area contributed by atoms with Gasteiger partial charge in [0.25, 0.3) is 0 Å². The lowest BCUT2D eigenvalue weighted by Gasteiger charge is -2.26. The molecule has 0 saturated carbocycles. The van der Waals surface area contributed by atoms with Crippen LogP contribution in [0.25, 0.3) is 11.1 Å². The summed E-state index contributed by atoms with van der Waals surface area (Å²) in [6, 6.07) is 16.3. The van der Waals surface area contributed by atoms with Crippen molar-refractivity contribution in [3.63, 3.8) is 0 Å². The number of aliphatic carboxylic acids is 1. The monoisotopic (exact) mass is 464 g/mol. The highest BCUT2D eigenvalue weighted by atomic mass is 16.5. The van der Waals surface area contributed by atoms with Crippen molar-refractivity contribution in [3.05, 3.63) is 59.7 Å². The fourth-order valence-corrected chi connectivity index (χ4v) is 5.15. The van der Waals surface area contributed by atoms with E-state index in [0.29, 0.717) is 6.54 Å². The second-order valence-corrected chi connectivity index (χ2v) is 9.72. The Bertz CT molecular complexity index is 1040. The van der Waals surface area contributed by atoms with Crippen molar-refractivity contribution in [2.45, 2.75) is 26.7 Å². The summed E-state index contributed by atoms with van der Waals surface area (Å²) in [5.74, 6) is -2.12. The average molecular weight is 465 g/mol. The van der Waals surface area contributed by atoms with Crippen molar-refractivity contribution >= 4 is 18.0 Å². The highest BCUT2D eigenvalue weighted by Crippen LogP contribution is 2.44. The molecule has 7 heteroatoms. The molecule has 0 bridgehead atoms. The van der Waals surface area contributed by atoms with Gasteiger partial charge in [-0.1, -0.05) is 69.3 Å². The third-order valence-electron chi connectivity index (χ3n) is 7.17. The minimum absolute atomic E-state index is 0.0134. The van der Waals surface area contributed by atoms with Crippen molar-refractivity contribution in [1.29, 1.82) is 0 Å². The van der Waals surface area contributed by atoms with E-state index in [0.717, 1.165) is 22.3 Å². The molecule has 2 amide bonds. The van der Waals surface area contributed by atoms with Crippen molar-refractivity contribution < 1.29 is 24.2 Å². The van der Waals surface area contributed by atoms with Gasteiger partial charge in [-0.05, 0) is 34.1 Å². The lowest BCUT2D eigenvalue weighted by molar-refractivity contribution is -0.142. The molecular weight excluding hydrogens is 432 g/mol. The van der Waals surface area contributed by atoms with Crippen LogP contribution in [-0.4, -0.2) is 54.2 Å². The van der Waals surface area contributed by atoms with E-state index in [4.69, 9.17) is 4.74 Å². The van der Waals surface area contributed by atoms with Gasteiger partial charge in [0.15, 0.2) is 0 Å². The minimum atomic E-state index is -0.874. The largest absolute Gasteiger partial charge is 0.481 e. The van der Waals surface area contributed by atoms with Crippen LogP contribution in [0.5, 0.6) is 0 Å². The van der Waals surface area contributed by atoms with Gasteiger partial charge in [-0.2, -0.15) is 0 Å². The SMILES string of the molecule is CC(C)C(CNC(=O)OCC1c2ccccc2-c2ccccc21)C(=O)N1C[C@H](C(=O)O)[C@@H](C)C1. The predicted octanol–water partition coefficient (Wildman–Crippen LogP) is 3.98. The van der Waals surface area contributed by atoms with Crippen LogP contribution in [0.1, 0.15) is 37.8 Å². The molecule has 1 heterocycles. The number of hydrogen-bond acceptors (Lipinski definition) is 4. The van der Waals surface area contributed by atoms with Gasteiger partial charge in [0.1, 0.15) is 6.61 Å². The zero-order valence-corrected chi connectivity index (χ0v) is 19.9. The standard InChI is InChI=1S/C27H32N2O5/c1-16(2)22(25(30)29-13-17(3)23(14-29)26(31)32)12-28-27(33)34-15-24-20-10-6-4-8-18(20)19-9-5-7-11-21(19)24/h4-11,16-17,22-24H,12-15H2,1-3H3,(H,28,33)(H,31,32)/t17-,22?,23-/m0/s1. The van der Waals surface area contributed by atoms with E-state index in [9.17, 15) is 19.5 Å². The Morgan fingerprint density at radius 3 is 2.15 bits per heavy atom. The first-order valence-corrected chi connectivity index (χ1v) is 11.9. The summed E-state index contributed by atoms with van der Waals surface area (Å²) in [7, 11) is 0. The molecule has 3 atom stereocenters. The number of fused-ring (bicyclic) bond motifs is 3. The molecule has 7 nitrogen and oxygen atoms in total.